The van der Waals surface area contributed by atoms with Crippen molar-refractivity contribution < 1.29 is 13.2 Å². The molecule has 2 aromatic rings. The molecule has 2 aromatic carbocycles. The molecule has 0 aliphatic rings. The van der Waals surface area contributed by atoms with Crippen LogP contribution in [0.4, 0.5) is 11.4 Å². The Hall–Kier alpha value is -2.38. The number of nitrogens with zero attached hydrogens (tertiary/aromatic N) is 2. The second-order valence-electron chi connectivity index (χ2n) is 6.18. The number of rotatable bonds is 5. The average Bonchev–Trinajstić information content (AvgIpc) is 2.54. The minimum atomic E-state index is -3.59. The normalized spacial score (nSPS) is 11.4. The zero-order valence-electron chi connectivity index (χ0n) is 15.1. The van der Waals surface area contributed by atoms with Crippen molar-refractivity contribution in [2.75, 3.05) is 38.4 Å². The minimum Gasteiger partial charge on any atom is -0.376 e. The number of anilines is 2. The molecule has 0 aliphatic carbocycles. The number of aryl methyl sites for hydroxylation is 1. The summed E-state index contributed by atoms with van der Waals surface area (Å²) in [5, 5.41) is 2.82. The number of amides is 1. The summed E-state index contributed by atoms with van der Waals surface area (Å²) in [6, 6.07) is 11.9. The molecule has 0 aromatic heterocycles. The van der Waals surface area contributed by atoms with Gasteiger partial charge in [-0.15, -0.1) is 0 Å². The van der Waals surface area contributed by atoms with E-state index < -0.39 is 10.0 Å². The highest BCUT2D eigenvalue weighted by atomic mass is 32.2. The molecular formula is C18H23N3O3S. The first-order valence-electron chi connectivity index (χ1n) is 7.75. The molecule has 0 radical (unpaired) electrons. The molecule has 1 amide bonds. The summed E-state index contributed by atoms with van der Waals surface area (Å²) in [7, 11) is 3.02. The van der Waals surface area contributed by atoms with E-state index in [0.717, 1.165) is 15.6 Å². The molecule has 7 heteroatoms. The number of benzene rings is 2. The van der Waals surface area contributed by atoms with Crippen LogP contribution in [0.1, 0.15) is 15.9 Å². The third kappa shape index (κ3) is 4.18. The van der Waals surface area contributed by atoms with Gasteiger partial charge in [-0.3, -0.25) is 4.79 Å². The van der Waals surface area contributed by atoms with E-state index in [0.29, 0.717) is 11.3 Å². The second-order valence-corrected chi connectivity index (χ2v) is 8.34. The van der Waals surface area contributed by atoms with Crippen LogP contribution in [-0.2, 0) is 10.0 Å². The molecule has 0 bridgehead atoms. The summed E-state index contributed by atoms with van der Waals surface area (Å²) in [6.45, 7) is 1.91. The van der Waals surface area contributed by atoms with E-state index in [1.54, 1.807) is 18.2 Å². The summed E-state index contributed by atoms with van der Waals surface area (Å²) in [4.78, 5) is 14.5. The lowest BCUT2D eigenvalue weighted by Gasteiger charge is -2.20. The van der Waals surface area contributed by atoms with Crippen molar-refractivity contribution in [2.24, 2.45) is 0 Å². The standard InChI is InChI=1S/C18H23N3O3S/c1-13-7-6-8-14(11-13)18(22)19-16-12-15(25(23,24)21(4)5)9-10-17(16)20(2)3/h6-12H,1-5H3,(H,19,22). The van der Waals surface area contributed by atoms with E-state index >= 15 is 0 Å². The van der Waals surface area contributed by atoms with E-state index in [1.807, 2.05) is 38.1 Å². The Balaban J connectivity index is 2.45. The van der Waals surface area contributed by atoms with Gasteiger partial charge in [-0.2, -0.15) is 0 Å². The molecule has 0 fully saturated rings. The van der Waals surface area contributed by atoms with Gasteiger partial charge in [0.1, 0.15) is 0 Å². The zero-order valence-corrected chi connectivity index (χ0v) is 15.9. The van der Waals surface area contributed by atoms with Gasteiger partial charge in [0.25, 0.3) is 5.91 Å². The molecule has 2 rings (SSSR count). The molecule has 25 heavy (non-hydrogen) atoms. The zero-order chi connectivity index (χ0) is 18.8. The van der Waals surface area contributed by atoms with E-state index in [-0.39, 0.29) is 10.8 Å². The van der Waals surface area contributed by atoms with Crippen molar-refractivity contribution in [3.05, 3.63) is 53.6 Å². The fraction of sp³-hybridized carbons (Fsp3) is 0.278. The van der Waals surface area contributed by atoms with Gasteiger partial charge in [-0.25, -0.2) is 12.7 Å². The summed E-state index contributed by atoms with van der Waals surface area (Å²) in [5.41, 5.74) is 2.66. The smallest absolute Gasteiger partial charge is 0.255 e. The highest BCUT2D eigenvalue weighted by Gasteiger charge is 2.20. The SMILES string of the molecule is Cc1cccc(C(=O)Nc2cc(S(=O)(=O)N(C)C)ccc2N(C)C)c1. The predicted molar refractivity (Wildman–Crippen MR) is 101 cm³/mol. The molecule has 0 unspecified atom stereocenters. The van der Waals surface area contributed by atoms with Crippen LogP contribution >= 0.6 is 0 Å². The number of carbonyl (C=O) groups is 1. The third-order valence-corrected chi connectivity index (χ3v) is 5.57. The molecule has 1 N–H and O–H groups in total. The van der Waals surface area contributed by atoms with Gasteiger partial charge in [-0.05, 0) is 37.3 Å². The Bertz CT molecular complexity index is 890. The van der Waals surface area contributed by atoms with Crippen LogP contribution in [0.3, 0.4) is 0 Å². The van der Waals surface area contributed by atoms with Crippen molar-refractivity contribution in [3.8, 4) is 0 Å². The first-order chi connectivity index (χ1) is 11.6. The van der Waals surface area contributed by atoms with Gasteiger partial charge in [0.05, 0.1) is 16.3 Å². The van der Waals surface area contributed by atoms with Crippen LogP contribution in [0.2, 0.25) is 0 Å². The molecule has 0 atom stereocenters. The first kappa shape index (κ1) is 19.0. The van der Waals surface area contributed by atoms with Crippen LogP contribution in [0.25, 0.3) is 0 Å². The van der Waals surface area contributed by atoms with E-state index in [4.69, 9.17) is 0 Å². The van der Waals surface area contributed by atoms with Gasteiger partial charge >= 0.3 is 0 Å². The lowest BCUT2D eigenvalue weighted by atomic mass is 10.1. The third-order valence-electron chi connectivity index (χ3n) is 3.76. The lowest BCUT2D eigenvalue weighted by molar-refractivity contribution is 0.102. The summed E-state index contributed by atoms with van der Waals surface area (Å²) in [6.07, 6.45) is 0. The van der Waals surface area contributed by atoms with Crippen LogP contribution < -0.4 is 10.2 Å². The van der Waals surface area contributed by atoms with Crippen LogP contribution in [0.5, 0.6) is 0 Å². The van der Waals surface area contributed by atoms with Crippen LogP contribution in [-0.4, -0.2) is 46.8 Å². The topological polar surface area (TPSA) is 69.7 Å². The summed E-state index contributed by atoms with van der Waals surface area (Å²) in [5.74, 6) is -0.286. The molecular weight excluding hydrogens is 338 g/mol. The minimum absolute atomic E-state index is 0.127. The number of carbonyl (C=O) groups excluding carboxylic acids is 1. The van der Waals surface area contributed by atoms with Gasteiger partial charge < -0.3 is 10.2 Å². The monoisotopic (exact) mass is 361 g/mol. The molecule has 0 heterocycles. The number of nitrogens with one attached hydrogen (secondary N) is 1. The van der Waals surface area contributed by atoms with Crippen molar-refractivity contribution >= 4 is 27.3 Å². The van der Waals surface area contributed by atoms with Crippen molar-refractivity contribution in [2.45, 2.75) is 11.8 Å². The Morgan fingerprint density at radius 2 is 1.68 bits per heavy atom. The van der Waals surface area contributed by atoms with Crippen molar-refractivity contribution in [3.63, 3.8) is 0 Å². The number of hydrogen-bond donors (Lipinski definition) is 1. The van der Waals surface area contributed by atoms with Gasteiger partial charge in [0.2, 0.25) is 10.0 Å². The lowest BCUT2D eigenvalue weighted by Crippen LogP contribution is -2.23. The molecule has 6 nitrogen and oxygen atoms in total. The molecule has 134 valence electrons. The average molecular weight is 361 g/mol. The fourth-order valence-corrected chi connectivity index (χ4v) is 3.29. The van der Waals surface area contributed by atoms with Gasteiger partial charge in [0.15, 0.2) is 0 Å². The Kier molecular flexibility index (Phi) is 5.49. The first-order valence-corrected chi connectivity index (χ1v) is 9.19. The van der Waals surface area contributed by atoms with Gasteiger partial charge in [-0.1, -0.05) is 17.7 Å². The molecule has 0 saturated carbocycles. The predicted octanol–water partition coefficient (Wildman–Crippen LogP) is 2.56. The fourth-order valence-electron chi connectivity index (χ4n) is 2.36. The maximum absolute atomic E-state index is 12.5. The maximum atomic E-state index is 12.5. The van der Waals surface area contributed by atoms with Crippen LogP contribution in [0.15, 0.2) is 47.4 Å². The highest BCUT2D eigenvalue weighted by molar-refractivity contribution is 7.89. The second kappa shape index (κ2) is 7.25. The Labute approximate surface area is 149 Å². The molecule has 0 spiro atoms. The number of hydrogen-bond acceptors (Lipinski definition) is 4. The van der Waals surface area contributed by atoms with Gasteiger partial charge in [0, 0.05) is 33.8 Å². The highest BCUT2D eigenvalue weighted by Crippen LogP contribution is 2.29. The van der Waals surface area contributed by atoms with Crippen LogP contribution in [0, 0.1) is 6.92 Å². The molecule has 0 saturated heterocycles. The largest absolute Gasteiger partial charge is 0.376 e. The molecule has 0 aliphatic heterocycles. The summed E-state index contributed by atoms with van der Waals surface area (Å²) < 4.78 is 25.9. The van der Waals surface area contributed by atoms with Crippen molar-refractivity contribution in [1.29, 1.82) is 0 Å². The quantitative estimate of drug-likeness (QED) is 0.889. The van der Waals surface area contributed by atoms with Crippen molar-refractivity contribution in [1.82, 2.24) is 4.31 Å². The number of sulfonamides is 1. The Morgan fingerprint density at radius 3 is 2.24 bits per heavy atom. The van der Waals surface area contributed by atoms with E-state index in [1.165, 1.54) is 26.2 Å². The maximum Gasteiger partial charge on any atom is 0.255 e. The van der Waals surface area contributed by atoms with E-state index in [2.05, 4.69) is 5.32 Å². The Morgan fingerprint density at radius 1 is 1.00 bits per heavy atom. The summed E-state index contributed by atoms with van der Waals surface area (Å²) >= 11 is 0. The van der Waals surface area contributed by atoms with E-state index in [9.17, 15) is 13.2 Å².